The third-order valence-corrected chi connectivity index (χ3v) is 6.67. The van der Waals surface area contributed by atoms with Crippen LogP contribution in [-0.4, -0.2) is 68.8 Å². The fourth-order valence-electron chi connectivity index (χ4n) is 2.80. The molecule has 3 amide bonds. The lowest BCUT2D eigenvalue weighted by Crippen LogP contribution is -2.56. The Bertz CT molecular complexity index is 786. The Hall–Kier alpha value is -1.97. The van der Waals surface area contributed by atoms with Gasteiger partial charge in [-0.25, -0.2) is 13.2 Å². The van der Waals surface area contributed by atoms with E-state index in [1.54, 1.807) is 19.1 Å². The Kier molecular flexibility index (Phi) is 6.38. The first-order valence-electron chi connectivity index (χ1n) is 8.51. The van der Waals surface area contributed by atoms with E-state index in [0.717, 1.165) is 11.1 Å². The van der Waals surface area contributed by atoms with Crippen molar-refractivity contribution in [3.63, 3.8) is 0 Å². The van der Waals surface area contributed by atoms with E-state index in [-0.39, 0.29) is 0 Å². The predicted molar refractivity (Wildman–Crippen MR) is 98.3 cm³/mol. The second-order valence-corrected chi connectivity index (χ2v) is 8.37. The van der Waals surface area contributed by atoms with Crippen molar-refractivity contribution in [2.24, 2.45) is 0 Å². The largest absolute Gasteiger partial charge is 0.341 e. The van der Waals surface area contributed by atoms with Gasteiger partial charge in [0.05, 0.1) is 10.9 Å². The van der Waals surface area contributed by atoms with Crippen LogP contribution >= 0.6 is 0 Å². The van der Waals surface area contributed by atoms with Crippen LogP contribution < -0.4 is 10.6 Å². The van der Waals surface area contributed by atoms with Gasteiger partial charge in [-0.15, -0.1) is 0 Å². The number of aryl methyl sites for hydroxylation is 2. The average molecular weight is 382 g/mol. The number of carbonyl (C=O) groups is 2. The number of nitrogens with zero attached hydrogens (tertiary/aromatic N) is 2. The topological polar surface area (TPSA) is 98.8 Å². The van der Waals surface area contributed by atoms with Crippen LogP contribution in [0.15, 0.2) is 23.1 Å². The van der Waals surface area contributed by atoms with E-state index in [2.05, 4.69) is 10.6 Å². The fraction of sp³-hybridized carbons (Fsp3) is 0.529. The van der Waals surface area contributed by atoms with Crippen LogP contribution in [-0.2, 0) is 14.8 Å². The minimum Gasteiger partial charge on any atom is -0.341 e. The summed E-state index contributed by atoms with van der Waals surface area (Å²) in [7, 11) is -2.12. The zero-order valence-electron chi connectivity index (χ0n) is 15.6. The van der Waals surface area contributed by atoms with Gasteiger partial charge in [-0.2, -0.15) is 4.31 Å². The van der Waals surface area contributed by atoms with E-state index in [4.69, 9.17) is 0 Å². The van der Waals surface area contributed by atoms with Crippen LogP contribution in [0.5, 0.6) is 0 Å². The van der Waals surface area contributed by atoms with E-state index in [1.807, 2.05) is 24.8 Å². The minimum absolute atomic E-state index is 0.291. The standard InChI is InChI=1S/C17H26N4O4S/c1-12-5-6-15(11-13(12)2)26(24,25)21-9-7-20(8-10-21)14(3)16(22)19-17(23)18-4/h5-6,11,14H,7-10H2,1-4H3,(H2,18,19,22,23)/t14-/m1/s1. The van der Waals surface area contributed by atoms with Gasteiger partial charge >= 0.3 is 6.03 Å². The highest BCUT2D eigenvalue weighted by Crippen LogP contribution is 2.21. The van der Waals surface area contributed by atoms with Crippen LogP contribution in [0, 0.1) is 13.8 Å². The first-order chi connectivity index (χ1) is 12.2. The molecule has 0 bridgehead atoms. The maximum Gasteiger partial charge on any atom is 0.321 e. The summed E-state index contributed by atoms with van der Waals surface area (Å²) in [6, 6.07) is 4.06. The second-order valence-electron chi connectivity index (χ2n) is 6.43. The molecule has 26 heavy (non-hydrogen) atoms. The molecule has 1 aliphatic heterocycles. The summed E-state index contributed by atoms with van der Waals surface area (Å²) in [4.78, 5) is 25.4. The Morgan fingerprint density at radius 1 is 1.08 bits per heavy atom. The Morgan fingerprint density at radius 3 is 2.23 bits per heavy atom. The summed E-state index contributed by atoms with van der Waals surface area (Å²) >= 11 is 0. The molecule has 0 spiro atoms. The molecule has 1 aromatic carbocycles. The lowest BCUT2D eigenvalue weighted by atomic mass is 10.1. The highest BCUT2D eigenvalue weighted by atomic mass is 32.2. The number of piperazine rings is 1. The van der Waals surface area contributed by atoms with Gasteiger partial charge in [-0.3, -0.25) is 15.0 Å². The lowest BCUT2D eigenvalue weighted by molar-refractivity contribution is -0.125. The van der Waals surface area contributed by atoms with Gasteiger partial charge in [0, 0.05) is 33.2 Å². The van der Waals surface area contributed by atoms with E-state index in [1.165, 1.54) is 11.4 Å². The number of imide groups is 1. The number of carbonyl (C=O) groups excluding carboxylic acids is 2. The number of amides is 3. The quantitative estimate of drug-likeness (QED) is 0.788. The first kappa shape index (κ1) is 20.3. The minimum atomic E-state index is -3.55. The molecule has 0 saturated carbocycles. The maximum absolute atomic E-state index is 12.8. The van der Waals surface area contributed by atoms with Crippen molar-refractivity contribution in [2.75, 3.05) is 33.2 Å². The number of nitrogens with one attached hydrogen (secondary N) is 2. The molecule has 2 N–H and O–H groups in total. The molecule has 1 fully saturated rings. The van der Waals surface area contributed by atoms with E-state index in [0.29, 0.717) is 31.1 Å². The summed E-state index contributed by atoms with van der Waals surface area (Å²) < 4.78 is 27.1. The van der Waals surface area contributed by atoms with Crippen molar-refractivity contribution in [3.8, 4) is 0 Å². The van der Waals surface area contributed by atoms with Gasteiger partial charge in [0.2, 0.25) is 15.9 Å². The van der Waals surface area contributed by atoms with E-state index in [9.17, 15) is 18.0 Å². The smallest absolute Gasteiger partial charge is 0.321 e. The van der Waals surface area contributed by atoms with E-state index >= 15 is 0 Å². The number of hydrogen-bond acceptors (Lipinski definition) is 5. The van der Waals surface area contributed by atoms with Crippen molar-refractivity contribution in [1.82, 2.24) is 19.8 Å². The third kappa shape index (κ3) is 4.40. The SMILES string of the molecule is CNC(=O)NC(=O)[C@@H](C)N1CCN(S(=O)(=O)c2ccc(C)c(C)c2)CC1. The molecule has 1 saturated heterocycles. The summed E-state index contributed by atoms with van der Waals surface area (Å²) in [6.07, 6.45) is 0. The van der Waals surface area contributed by atoms with Crippen LogP contribution in [0.3, 0.4) is 0 Å². The lowest BCUT2D eigenvalue weighted by Gasteiger charge is -2.36. The van der Waals surface area contributed by atoms with E-state index < -0.39 is 28.0 Å². The first-order valence-corrected chi connectivity index (χ1v) is 9.95. The molecular weight excluding hydrogens is 356 g/mol. The average Bonchev–Trinajstić information content (AvgIpc) is 2.63. The second kappa shape index (κ2) is 8.15. The van der Waals surface area contributed by atoms with Crippen molar-refractivity contribution in [1.29, 1.82) is 0 Å². The number of urea groups is 1. The summed E-state index contributed by atoms with van der Waals surface area (Å²) in [5.41, 5.74) is 1.98. The van der Waals surface area contributed by atoms with Crippen molar-refractivity contribution >= 4 is 22.0 Å². The zero-order chi connectivity index (χ0) is 19.5. The maximum atomic E-state index is 12.8. The summed E-state index contributed by atoms with van der Waals surface area (Å²) in [5, 5.41) is 4.57. The molecule has 0 aliphatic carbocycles. The Labute approximate surface area is 154 Å². The fourth-order valence-corrected chi connectivity index (χ4v) is 4.31. The molecule has 1 aromatic rings. The number of hydrogen-bond donors (Lipinski definition) is 2. The number of benzene rings is 1. The van der Waals surface area contributed by atoms with Gasteiger partial charge < -0.3 is 5.32 Å². The van der Waals surface area contributed by atoms with Gasteiger partial charge in [-0.05, 0) is 44.0 Å². The molecule has 0 aromatic heterocycles. The van der Waals surface area contributed by atoms with Gasteiger partial charge in [0.1, 0.15) is 0 Å². The summed E-state index contributed by atoms with van der Waals surface area (Å²) in [5.74, 6) is -0.408. The van der Waals surface area contributed by atoms with Gasteiger partial charge in [0.25, 0.3) is 0 Å². The van der Waals surface area contributed by atoms with Crippen molar-refractivity contribution in [3.05, 3.63) is 29.3 Å². The molecule has 2 rings (SSSR count). The van der Waals surface area contributed by atoms with Crippen LogP contribution in [0.25, 0.3) is 0 Å². The highest BCUT2D eigenvalue weighted by molar-refractivity contribution is 7.89. The zero-order valence-corrected chi connectivity index (χ0v) is 16.4. The molecule has 0 radical (unpaired) electrons. The molecule has 1 aliphatic rings. The normalized spacial score (nSPS) is 17.5. The summed E-state index contributed by atoms with van der Waals surface area (Å²) in [6.45, 7) is 6.97. The van der Waals surface area contributed by atoms with Crippen molar-refractivity contribution in [2.45, 2.75) is 31.7 Å². The molecule has 9 heteroatoms. The van der Waals surface area contributed by atoms with Gasteiger partial charge in [0.15, 0.2) is 0 Å². The Morgan fingerprint density at radius 2 is 1.69 bits per heavy atom. The van der Waals surface area contributed by atoms with Crippen LogP contribution in [0.1, 0.15) is 18.1 Å². The van der Waals surface area contributed by atoms with Crippen LogP contribution in [0.2, 0.25) is 0 Å². The Balaban J connectivity index is 2.02. The molecule has 0 unspecified atom stereocenters. The molecule has 1 heterocycles. The highest BCUT2D eigenvalue weighted by Gasteiger charge is 2.32. The molecule has 8 nitrogen and oxygen atoms in total. The molecule has 144 valence electrons. The number of rotatable bonds is 4. The monoisotopic (exact) mass is 382 g/mol. The third-order valence-electron chi connectivity index (χ3n) is 4.78. The van der Waals surface area contributed by atoms with Gasteiger partial charge in [-0.1, -0.05) is 6.07 Å². The van der Waals surface area contributed by atoms with Crippen molar-refractivity contribution < 1.29 is 18.0 Å². The van der Waals surface area contributed by atoms with Crippen LogP contribution in [0.4, 0.5) is 4.79 Å². The number of sulfonamides is 1. The molecular formula is C17H26N4O4S. The predicted octanol–water partition coefficient (Wildman–Crippen LogP) is 0.454. The molecule has 1 atom stereocenters.